The maximum Gasteiger partial charge on any atom is 0.131 e. The topological polar surface area (TPSA) is 37.8 Å². The predicted octanol–water partition coefficient (Wildman–Crippen LogP) is 2.35. The number of nitrogens with zero attached hydrogens (tertiary/aromatic N) is 2. The Morgan fingerprint density at radius 3 is 2.50 bits per heavy atom. The van der Waals surface area contributed by atoms with Gasteiger partial charge in [-0.1, -0.05) is 20.8 Å². The second-order valence-corrected chi connectivity index (χ2v) is 5.29. The smallest absolute Gasteiger partial charge is 0.131 e. The fourth-order valence-corrected chi connectivity index (χ4v) is 1.83. The van der Waals surface area contributed by atoms with Crippen LogP contribution in [-0.2, 0) is 6.54 Å². The highest BCUT2D eigenvalue weighted by molar-refractivity contribution is 5.12. The van der Waals surface area contributed by atoms with Gasteiger partial charge >= 0.3 is 0 Å². The summed E-state index contributed by atoms with van der Waals surface area (Å²) in [5.41, 5.74) is 1.18. The Labute approximate surface area is 97.7 Å². The lowest BCUT2D eigenvalue weighted by molar-refractivity contribution is 0.551. The summed E-state index contributed by atoms with van der Waals surface area (Å²) in [5, 5.41) is 3.39. The third-order valence-electron chi connectivity index (χ3n) is 3.05. The molecular weight excluding hydrogens is 198 g/mol. The minimum absolute atomic E-state index is 0.623. The molecule has 1 aliphatic carbocycles. The molecule has 1 N–H and O–H groups in total. The molecule has 0 amide bonds. The number of nitrogens with one attached hydrogen (secondary N) is 1. The molecule has 2 atom stereocenters. The van der Waals surface area contributed by atoms with Crippen LogP contribution < -0.4 is 5.32 Å². The van der Waals surface area contributed by atoms with Crippen molar-refractivity contribution in [1.29, 1.82) is 0 Å². The number of aromatic nitrogens is 2. The zero-order valence-electron chi connectivity index (χ0n) is 10.4. The molecule has 1 aliphatic rings. The van der Waals surface area contributed by atoms with Gasteiger partial charge in [0.2, 0.25) is 0 Å². The Hall–Kier alpha value is -0.960. The Morgan fingerprint density at radius 1 is 1.38 bits per heavy atom. The standard InChI is InChI=1S/C13H21N3/c1-9(2)5-14-6-11-7-15-13(16-8-11)12-4-10(12)3/h7-10,12,14H,4-6H2,1-3H3. The van der Waals surface area contributed by atoms with E-state index in [0.29, 0.717) is 11.8 Å². The fraction of sp³-hybridized carbons (Fsp3) is 0.692. The van der Waals surface area contributed by atoms with Crippen LogP contribution in [-0.4, -0.2) is 16.5 Å². The van der Waals surface area contributed by atoms with Crippen molar-refractivity contribution in [3.05, 3.63) is 23.8 Å². The Balaban J connectivity index is 1.82. The Morgan fingerprint density at radius 2 is 2.00 bits per heavy atom. The fourth-order valence-electron chi connectivity index (χ4n) is 1.83. The van der Waals surface area contributed by atoms with Crippen LogP contribution in [0.2, 0.25) is 0 Å². The molecule has 1 heterocycles. The number of rotatable bonds is 5. The Bertz CT molecular complexity index is 332. The summed E-state index contributed by atoms with van der Waals surface area (Å²) in [7, 11) is 0. The highest BCUT2D eigenvalue weighted by atomic mass is 14.9. The summed E-state index contributed by atoms with van der Waals surface area (Å²) in [6.07, 6.45) is 5.17. The van der Waals surface area contributed by atoms with E-state index in [1.807, 2.05) is 12.4 Å². The minimum Gasteiger partial charge on any atom is -0.312 e. The molecule has 1 aromatic rings. The van der Waals surface area contributed by atoms with Crippen molar-refractivity contribution in [2.24, 2.45) is 11.8 Å². The molecule has 0 aliphatic heterocycles. The quantitative estimate of drug-likeness (QED) is 0.826. The van der Waals surface area contributed by atoms with Crippen LogP contribution in [0.15, 0.2) is 12.4 Å². The van der Waals surface area contributed by atoms with Gasteiger partial charge in [-0.15, -0.1) is 0 Å². The van der Waals surface area contributed by atoms with E-state index < -0.39 is 0 Å². The predicted molar refractivity (Wildman–Crippen MR) is 65.1 cm³/mol. The van der Waals surface area contributed by atoms with E-state index >= 15 is 0 Å². The molecule has 2 rings (SSSR count). The molecule has 0 bridgehead atoms. The van der Waals surface area contributed by atoms with Crippen molar-refractivity contribution >= 4 is 0 Å². The van der Waals surface area contributed by atoms with Crippen molar-refractivity contribution in [1.82, 2.24) is 15.3 Å². The Kier molecular flexibility index (Phi) is 3.54. The van der Waals surface area contributed by atoms with E-state index in [4.69, 9.17) is 0 Å². The maximum absolute atomic E-state index is 4.44. The second kappa shape index (κ2) is 4.91. The summed E-state index contributed by atoms with van der Waals surface area (Å²) in [4.78, 5) is 8.88. The van der Waals surface area contributed by atoms with Crippen LogP contribution in [0.3, 0.4) is 0 Å². The highest BCUT2D eigenvalue weighted by Gasteiger charge is 2.36. The first-order valence-corrected chi connectivity index (χ1v) is 6.18. The maximum atomic E-state index is 4.44. The molecule has 1 aromatic heterocycles. The lowest BCUT2D eigenvalue weighted by Gasteiger charge is -2.07. The van der Waals surface area contributed by atoms with Crippen LogP contribution in [0.5, 0.6) is 0 Å². The molecule has 3 heteroatoms. The monoisotopic (exact) mass is 219 g/mol. The van der Waals surface area contributed by atoms with Gasteiger partial charge in [0.1, 0.15) is 5.82 Å². The summed E-state index contributed by atoms with van der Waals surface area (Å²) in [6, 6.07) is 0. The molecule has 16 heavy (non-hydrogen) atoms. The van der Waals surface area contributed by atoms with Crippen LogP contribution in [0.1, 0.15) is 44.5 Å². The van der Waals surface area contributed by atoms with E-state index in [-0.39, 0.29) is 0 Å². The zero-order valence-corrected chi connectivity index (χ0v) is 10.4. The average molecular weight is 219 g/mol. The van der Waals surface area contributed by atoms with Gasteiger partial charge in [-0.3, -0.25) is 0 Å². The van der Waals surface area contributed by atoms with Crippen LogP contribution in [0, 0.1) is 11.8 Å². The van der Waals surface area contributed by atoms with E-state index in [1.54, 1.807) is 0 Å². The van der Waals surface area contributed by atoms with Gasteiger partial charge in [0.25, 0.3) is 0 Å². The molecule has 0 radical (unpaired) electrons. The molecule has 0 saturated heterocycles. The van der Waals surface area contributed by atoms with Crippen molar-refractivity contribution in [2.45, 2.75) is 39.7 Å². The van der Waals surface area contributed by atoms with Gasteiger partial charge in [0.15, 0.2) is 0 Å². The summed E-state index contributed by atoms with van der Waals surface area (Å²) in [6.45, 7) is 8.59. The number of hydrogen-bond acceptors (Lipinski definition) is 3. The molecule has 2 unspecified atom stereocenters. The van der Waals surface area contributed by atoms with E-state index in [9.17, 15) is 0 Å². The van der Waals surface area contributed by atoms with Gasteiger partial charge in [0, 0.05) is 30.4 Å². The van der Waals surface area contributed by atoms with Crippen LogP contribution in [0.4, 0.5) is 0 Å². The SMILES string of the molecule is CC(C)CNCc1cnc(C2CC2C)nc1. The van der Waals surface area contributed by atoms with Gasteiger partial charge < -0.3 is 5.32 Å². The van der Waals surface area contributed by atoms with E-state index in [1.165, 1.54) is 12.0 Å². The van der Waals surface area contributed by atoms with Crippen LogP contribution in [0.25, 0.3) is 0 Å². The molecule has 0 spiro atoms. The van der Waals surface area contributed by atoms with Gasteiger partial charge in [-0.2, -0.15) is 0 Å². The molecule has 1 saturated carbocycles. The lowest BCUT2D eigenvalue weighted by atomic mass is 10.2. The highest BCUT2D eigenvalue weighted by Crippen LogP contribution is 2.44. The summed E-state index contributed by atoms with van der Waals surface area (Å²) >= 11 is 0. The molecule has 0 aromatic carbocycles. The largest absolute Gasteiger partial charge is 0.312 e. The van der Waals surface area contributed by atoms with Crippen molar-refractivity contribution in [2.75, 3.05) is 6.54 Å². The van der Waals surface area contributed by atoms with Gasteiger partial charge in [-0.05, 0) is 24.8 Å². The van der Waals surface area contributed by atoms with Crippen LogP contribution >= 0.6 is 0 Å². The first-order valence-electron chi connectivity index (χ1n) is 6.18. The summed E-state index contributed by atoms with van der Waals surface area (Å²) < 4.78 is 0. The minimum atomic E-state index is 0.623. The van der Waals surface area contributed by atoms with Crippen molar-refractivity contribution < 1.29 is 0 Å². The molecule has 1 fully saturated rings. The van der Waals surface area contributed by atoms with Crippen molar-refractivity contribution in [3.63, 3.8) is 0 Å². The molecular formula is C13H21N3. The second-order valence-electron chi connectivity index (χ2n) is 5.29. The summed E-state index contributed by atoms with van der Waals surface area (Å²) in [5.74, 6) is 3.12. The van der Waals surface area contributed by atoms with E-state index in [0.717, 1.165) is 24.8 Å². The normalized spacial score (nSPS) is 23.8. The molecule has 88 valence electrons. The third kappa shape index (κ3) is 3.01. The third-order valence-corrected chi connectivity index (χ3v) is 3.05. The van der Waals surface area contributed by atoms with Gasteiger partial charge in [-0.25, -0.2) is 9.97 Å². The van der Waals surface area contributed by atoms with Gasteiger partial charge in [0.05, 0.1) is 0 Å². The van der Waals surface area contributed by atoms with Crippen molar-refractivity contribution in [3.8, 4) is 0 Å². The first kappa shape index (κ1) is 11.5. The first-order chi connectivity index (χ1) is 7.66. The lowest BCUT2D eigenvalue weighted by Crippen LogP contribution is -2.19. The number of hydrogen-bond donors (Lipinski definition) is 1. The molecule has 3 nitrogen and oxygen atoms in total. The average Bonchev–Trinajstić information content (AvgIpc) is 2.96. The van der Waals surface area contributed by atoms with E-state index in [2.05, 4.69) is 36.1 Å². The zero-order chi connectivity index (χ0) is 11.5.